The first-order chi connectivity index (χ1) is 8.41. The molecule has 1 aromatic carbocycles. The number of benzene rings is 1. The highest BCUT2D eigenvalue weighted by Gasteiger charge is 2.20. The summed E-state index contributed by atoms with van der Waals surface area (Å²) in [5.41, 5.74) is 0.253. The third-order valence-corrected chi connectivity index (χ3v) is 2.48. The van der Waals surface area contributed by atoms with Gasteiger partial charge >= 0.3 is 5.97 Å². The number of carbonyl (C=O) groups excluding carboxylic acids is 2. The van der Waals surface area contributed by atoms with Crippen molar-refractivity contribution in [3.8, 4) is 0 Å². The van der Waals surface area contributed by atoms with Crippen LogP contribution in [0.4, 0.5) is 0 Å². The lowest BCUT2D eigenvalue weighted by molar-refractivity contribution is -0.137. The second-order valence-electron chi connectivity index (χ2n) is 3.63. The summed E-state index contributed by atoms with van der Waals surface area (Å²) in [6.45, 7) is 1.06. The van der Waals surface area contributed by atoms with Crippen LogP contribution in [0.2, 0.25) is 5.02 Å². The maximum atomic E-state index is 12.0. The van der Waals surface area contributed by atoms with E-state index in [4.69, 9.17) is 16.7 Å². The Morgan fingerprint density at radius 2 is 2.00 bits per heavy atom. The van der Waals surface area contributed by atoms with E-state index in [1.807, 2.05) is 0 Å². The molecule has 5 nitrogen and oxygen atoms in total. The number of carbonyl (C=O) groups is 3. The molecule has 0 saturated carbocycles. The summed E-state index contributed by atoms with van der Waals surface area (Å²) in [5.74, 6) is -2.12. The highest BCUT2D eigenvalue weighted by molar-refractivity contribution is 6.31. The van der Waals surface area contributed by atoms with Gasteiger partial charge in [0, 0.05) is 24.1 Å². The van der Waals surface area contributed by atoms with Crippen molar-refractivity contribution in [2.45, 2.75) is 13.3 Å². The number of hydrogen-bond acceptors (Lipinski definition) is 3. The van der Waals surface area contributed by atoms with Crippen LogP contribution in [-0.4, -0.2) is 34.3 Å². The number of carboxylic acids is 1. The molecule has 1 rings (SSSR count). The van der Waals surface area contributed by atoms with Gasteiger partial charge in [-0.2, -0.15) is 0 Å². The zero-order valence-corrected chi connectivity index (χ0v) is 10.5. The molecule has 0 aromatic heterocycles. The van der Waals surface area contributed by atoms with Gasteiger partial charge in [0.15, 0.2) is 0 Å². The smallest absolute Gasteiger partial charge is 0.305 e. The average molecular weight is 270 g/mol. The summed E-state index contributed by atoms with van der Waals surface area (Å²) in [7, 11) is 0. The molecule has 2 amide bonds. The Bertz CT molecular complexity index is 487. The van der Waals surface area contributed by atoms with Crippen molar-refractivity contribution in [2.24, 2.45) is 0 Å². The molecule has 0 unspecified atom stereocenters. The summed E-state index contributed by atoms with van der Waals surface area (Å²) >= 11 is 5.75. The van der Waals surface area contributed by atoms with E-state index in [0.717, 1.165) is 4.90 Å². The second kappa shape index (κ2) is 6.16. The zero-order valence-electron chi connectivity index (χ0n) is 9.72. The Kier molecular flexibility index (Phi) is 4.85. The van der Waals surface area contributed by atoms with E-state index in [1.54, 1.807) is 12.1 Å². The number of rotatable bonds is 4. The minimum absolute atomic E-state index is 0.157. The van der Waals surface area contributed by atoms with Crippen molar-refractivity contribution in [3.63, 3.8) is 0 Å². The lowest BCUT2D eigenvalue weighted by Crippen LogP contribution is -2.36. The number of imide groups is 1. The monoisotopic (exact) mass is 269 g/mol. The Morgan fingerprint density at radius 1 is 1.33 bits per heavy atom. The molecular formula is C12H12ClNO4. The molecule has 6 heteroatoms. The van der Waals surface area contributed by atoms with Crippen LogP contribution >= 0.6 is 11.6 Å². The topological polar surface area (TPSA) is 74.7 Å². The minimum atomic E-state index is -1.07. The molecule has 96 valence electrons. The van der Waals surface area contributed by atoms with Crippen molar-refractivity contribution in [2.75, 3.05) is 6.54 Å². The van der Waals surface area contributed by atoms with Gasteiger partial charge in [-0.15, -0.1) is 0 Å². The van der Waals surface area contributed by atoms with Crippen LogP contribution < -0.4 is 0 Å². The summed E-state index contributed by atoms with van der Waals surface area (Å²) < 4.78 is 0. The molecule has 0 aliphatic carbocycles. The van der Waals surface area contributed by atoms with Crippen LogP contribution in [-0.2, 0) is 9.59 Å². The largest absolute Gasteiger partial charge is 0.481 e. The van der Waals surface area contributed by atoms with Gasteiger partial charge in [0.1, 0.15) is 0 Å². The summed E-state index contributed by atoms with van der Waals surface area (Å²) in [6.07, 6.45) is -0.286. The average Bonchev–Trinajstić information content (AvgIpc) is 2.28. The van der Waals surface area contributed by atoms with Gasteiger partial charge in [-0.25, -0.2) is 0 Å². The number of hydrogen-bond donors (Lipinski definition) is 1. The number of halogens is 1. The summed E-state index contributed by atoms with van der Waals surface area (Å²) in [5, 5.41) is 8.95. The minimum Gasteiger partial charge on any atom is -0.481 e. The fourth-order valence-corrected chi connectivity index (χ4v) is 1.58. The van der Waals surface area contributed by atoms with Gasteiger partial charge in [-0.1, -0.05) is 17.7 Å². The molecule has 1 N–H and O–H groups in total. The molecule has 0 fully saturated rings. The number of nitrogens with zero attached hydrogens (tertiary/aromatic N) is 1. The lowest BCUT2D eigenvalue weighted by Gasteiger charge is -2.18. The second-order valence-corrected chi connectivity index (χ2v) is 4.07. The Labute approximate surface area is 109 Å². The molecule has 1 aromatic rings. The number of carboxylic acid groups (broad SMARTS) is 1. The predicted molar refractivity (Wildman–Crippen MR) is 65.4 cm³/mol. The maximum Gasteiger partial charge on any atom is 0.305 e. The van der Waals surface area contributed by atoms with E-state index in [0.29, 0.717) is 5.02 Å². The normalized spacial score (nSPS) is 9.89. The van der Waals surface area contributed by atoms with Crippen LogP contribution in [0.25, 0.3) is 0 Å². The van der Waals surface area contributed by atoms with E-state index in [1.165, 1.54) is 19.1 Å². The Morgan fingerprint density at radius 3 is 2.50 bits per heavy atom. The van der Waals surface area contributed by atoms with Crippen LogP contribution in [0.5, 0.6) is 0 Å². The molecule has 18 heavy (non-hydrogen) atoms. The molecule has 0 radical (unpaired) electrons. The van der Waals surface area contributed by atoms with E-state index >= 15 is 0 Å². The highest BCUT2D eigenvalue weighted by Crippen LogP contribution is 2.13. The molecule has 0 spiro atoms. The van der Waals surface area contributed by atoms with Crippen molar-refractivity contribution in [1.29, 1.82) is 0 Å². The molecule has 0 aliphatic heterocycles. The van der Waals surface area contributed by atoms with Gasteiger partial charge in [-0.05, 0) is 18.2 Å². The summed E-state index contributed by atoms with van der Waals surface area (Å²) in [6, 6.07) is 6.14. The number of amides is 2. The Hall–Kier alpha value is -1.88. The fourth-order valence-electron chi connectivity index (χ4n) is 1.39. The molecule has 0 aliphatic rings. The lowest BCUT2D eigenvalue weighted by atomic mass is 10.2. The van der Waals surface area contributed by atoms with Crippen LogP contribution in [0, 0.1) is 0 Å². The van der Waals surface area contributed by atoms with Crippen molar-refractivity contribution < 1.29 is 19.5 Å². The standard InChI is InChI=1S/C12H12ClNO4/c1-8(15)14(6-5-11(16)17)12(18)9-3-2-4-10(13)7-9/h2-4,7H,5-6H2,1H3,(H,16,17). The maximum absolute atomic E-state index is 12.0. The Balaban J connectivity index is 2.89. The quantitative estimate of drug-likeness (QED) is 0.904. The van der Waals surface area contributed by atoms with Crippen molar-refractivity contribution in [3.05, 3.63) is 34.9 Å². The van der Waals surface area contributed by atoms with E-state index < -0.39 is 17.8 Å². The van der Waals surface area contributed by atoms with Crippen LogP contribution in [0.1, 0.15) is 23.7 Å². The predicted octanol–water partition coefficient (Wildman–Crippen LogP) is 1.80. The first-order valence-electron chi connectivity index (χ1n) is 5.21. The van der Waals surface area contributed by atoms with E-state index in [2.05, 4.69) is 0 Å². The van der Waals surface area contributed by atoms with Crippen LogP contribution in [0.15, 0.2) is 24.3 Å². The van der Waals surface area contributed by atoms with Gasteiger partial charge in [0.2, 0.25) is 5.91 Å². The SMILES string of the molecule is CC(=O)N(CCC(=O)O)C(=O)c1cccc(Cl)c1. The van der Waals surface area contributed by atoms with Gasteiger partial charge in [-0.3, -0.25) is 19.3 Å². The third kappa shape index (κ3) is 3.85. The summed E-state index contributed by atoms with van der Waals surface area (Å²) in [4.78, 5) is 34.7. The number of aliphatic carboxylic acids is 1. The first kappa shape index (κ1) is 14.2. The van der Waals surface area contributed by atoms with Gasteiger partial charge in [0.25, 0.3) is 5.91 Å². The van der Waals surface area contributed by atoms with Crippen molar-refractivity contribution >= 4 is 29.4 Å². The zero-order chi connectivity index (χ0) is 13.7. The van der Waals surface area contributed by atoms with Crippen LogP contribution in [0.3, 0.4) is 0 Å². The molecular weight excluding hydrogens is 258 g/mol. The molecule has 0 bridgehead atoms. The first-order valence-corrected chi connectivity index (χ1v) is 5.59. The van der Waals surface area contributed by atoms with Gasteiger partial charge < -0.3 is 5.11 Å². The molecule has 0 heterocycles. The fraction of sp³-hybridized carbons (Fsp3) is 0.250. The van der Waals surface area contributed by atoms with Crippen molar-refractivity contribution in [1.82, 2.24) is 4.90 Å². The molecule has 0 atom stereocenters. The third-order valence-electron chi connectivity index (χ3n) is 2.25. The molecule has 0 saturated heterocycles. The van der Waals surface area contributed by atoms with Gasteiger partial charge in [0.05, 0.1) is 6.42 Å². The van der Waals surface area contributed by atoms with E-state index in [9.17, 15) is 14.4 Å². The van der Waals surface area contributed by atoms with E-state index in [-0.39, 0.29) is 18.5 Å². The highest BCUT2D eigenvalue weighted by atomic mass is 35.5.